The first kappa shape index (κ1) is 16.0. The molecule has 1 aromatic carbocycles. The lowest BCUT2D eigenvalue weighted by Crippen LogP contribution is -2.39. The molecule has 6 heteroatoms. The minimum Gasteiger partial charge on any atom is -0.337 e. The maximum atomic E-state index is 13.5. The van der Waals surface area contributed by atoms with E-state index in [1.807, 2.05) is 27.5 Å². The van der Waals surface area contributed by atoms with Crippen LogP contribution in [0.5, 0.6) is 0 Å². The Kier molecular flexibility index (Phi) is 5.25. The van der Waals surface area contributed by atoms with E-state index in [0.29, 0.717) is 21.2 Å². The molecular weight excluding hydrogens is 394 g/mol. The number of carbonyl (C=O) groups excluding carboxylic acids is 1. The van der Waals surface area contributed by atoms with Gasteiger partial charge in [0.15, 0.2) is 0 Å². The molecule has 2 unspecified atom stereocenters. The topological polar surface area (TPSA) is 32.3 Å². The molecule has 0 spiro atoms. The molecule has 110 valence electrons. The second-order valence-corrected chi connectivity index (χ2v) is 6.47. The van der Waals surface area contributed by atoms with Gasteiger partial charge in [0.2, 0.25) is 0 Å². The van der Waals surface area contributed by atoms with Crippen LogP contribution >= 0.6 is 35.0 Å². The molecule has 3 rings (SSSR count). The van der Waals surface area contributed by atoms with Crippen LogP contribution in [0.2, 0.25) is 0 Å². The van der Waals surface area contributed by atoms with E-state index >= 15 is 0 Å². The molecule has 1 amide bonds. The Hall–Kier alpha value is -0.400. The third-order valence-electron chi connectivity index (χ3n) is 3.98. The zero-order valence-corrected chi connectivity index (χ0v) is 13.9. The van der Waals surface area contributed by atoms with E-state index in [-0.39, 0.29) is 24.1 Å². The standard InChI is InChI=1S/C14H16FIN2O.ClH/c15-12-7-9(1-4-13(12)16)14(19)18-6-5-10-2-3-11(8-18)17-10;/h1,4,7,10-11,17H,2-3,5-6,8H2;1H. The molecule has 2 fully saturated rings. The molecule has 2 saturated heterocycles. The zero-order valence-electron chi connectivity index (χ0n) is 10.9. The fraction of sp³-hybridized carbons (Fsp3) is 0.500. The summed E-state index contributed by atoms with van der Waals surface area (Å²) in [4.78, 5) is 14.3. The van der Waals surface area contributed by atoms with E-state index in [1.54, 1.807) is 12.1 Å². The van der Waals surface area contributed by atoms with Gasteiger partial charge in [0.05, 0.1) is 0 Å². The molecule has 2 aliphatic heterocycles. The van der Waals surface area contributed by atoms with Crippen LogP contribution in [-0.2, 0) is 0 Å². The lowest BCUT2D eigenvalue weighted by atomic mass is 10.1. The number of hydrogen-bond acceptors (Lipinski definition) is 2. The Bertz CT molecular complexity index is 514. The average Bonchev–Trinajstić information content (AvgIpc) is 2.72. The smallest absolute Gasteiger partial charge is 0.254 e. The fourth-order valence-electron chi connectivity index (χ4n) is 2.94. The summed E-state index contributed by atoms with van der Waals surface area (Å²) in [5.41, 5.74) is 0.454. The van der Waals surface area contributed by atoms with Gasteiger partial charge in [-0.05, 0) is 60.1 Å². The van der Waals surface area contributed by atoms with Crippen LogP contribution in [0.4, 0.5) is 4.39 Å². The van der Waals surface area contributed by atoms with Gasteiger partial charge in [-0.25, -0.2) is 4.39 Å². The van der Waals surface area contributed by atoms with Crippen molar-refractivity contribution >= 4 is 40.9 Å². The quantitative estimate of drug-likeness (QED) is 0.722. The number of nitrogens with one attached hydrogen (secondary N) is 1. The summed E-state index contributed by atoms with van der Waals surface area (Å²) >= 11 is 1.93. The largest absolute Gasteiger partial charge is 0.337 e. The van der Waals surface area contributed by atoms with Crippen LogP contribution in [0.15, 0.2) is 18.2 Å². The number of hydrogen-bond donors (Lipinski definition) is 1. The van der Waals surface area contributed by atoms with Crippen molar-refractivity contribution in [2.24, 2.45) is 0 Å². The minimum absolute atomic E-state index is 0. The summed E-state index contributed by atoms with van der Waals surface area (Å²) in [5.74, 6) is -0.370. The molecule has 3 nitrogen and oxygen atoms in total. The molecule has 2 bridgehead atoms. The van der Waals surface area contributed by atoms with Crippen molar-refractivity contribution in [1.82, 2.24) is 10.2 Å². The maximum Gasteiger partial charge on any atom is 0.254 e. The minimum atomic E-state index is -0.319. The van der Waals surface area contributed by atoms with Crippen molar-refractivity contribution in [3.63, 3.8) is 0 Å². The molecule has 0 aliphatic carbocycles. The van der Waals surface area contributed by atoms with E-state index in [9.17, 15) is 9.18 Å². The molecular formula is C14H17ClFIN2O. The van der Waals surface area contributed by atoms with Gasteiger partial charge in [0, 0.05) is 34.3 Å². The van der Waals surface area contributed by atoms with Crippen molar-refractivity contribution < 1.29 is 9.18 Å². The first-order valence-electron chi connectivity index (χ1n) is 6.64. The lowest BCUT2D eigenvalue weighted by Gasteiger charge is -2.24. The summed E-state index contributed by atoms with van der Waals surface area (Å²) in [5, 5.41) is 3.54. The Morgan fingerprint density at radius 1 is 1.30 bits per heavy atom. The predicted octanol–water partition coefficient (Wildman–Crippen LogP) is 2.82. The van der Waals surface area contributed by atoms with Gasteiger partial charge in [-0.2, -0.15) is 0 Å². The van der Waals surface area contributed by atoms with Gasteiger partial charge in [-0.1, -0.05) is 0 Å². The molecule has 0 radical (unpaired) electrons. The highest BCUT2D eigenvalue weighted by molar-refractivity contribution is 14.1. The summed E-state index contributed by atoms with van der Waals surface area (Å²) < 4.78 is 14.1. The lowest BCUT2D eigenvalue weighted by molar-refractivity contribution is 0.0747. The van der Waals surface area contributed by atoms with E-state index in [2.05, 4.69) is 5.32 Å². The highest BCUT2D eigenvalue weighted by Gasteiger charge is 2.31. The number of carbonyl (C=O) groups is 1. The van der Waals surface area contributed by atoms with Crippen LogP contribution in [-0.4, -0.2) is 36.0 Å². The molecule has 20 heavy (non-hydrogen) atoms. The maximum absolute atomic E-state index is 13.5. The number of rotatable bonds is 1. The first-order valence-corrected chi connectivity index (χ1v) is 7.72. The SMILES string of the molecule is Cl.O=C(c1ccc(I)c(F)c1)N1CCC2CCC(C1)N2. The van der Waals surface area contributed by atoms with Crippen LogP contribution in [0.25, 0.3) is 0 Å². The normalized spacial score (nSPS) is 25.0. The van der Waals surface area contributed by atoms with Gasteiger partial charge in [0.25, 0.3) is 5.91 Å². The molecule has 2 heterocycles. The molecule has 1 aromatic rings. The third-order valence-corrected chi connectivity index (χ3v) is 4.85. The van der Waals surface area contributed by atoms with Crippen LogP contribution in [0.3, 0.4) is 0 Å². The molecule has 0 aromatic heterocycles. The van der Waals surface area contributed by atoms with Crippen molar-refractivity contribution in [1.29, 1.82) is 0 Å². The number of amides is 1. The number of nitrogens with zero attached hydrogens (tertiary/aromatic N) is 1. The Balaban J connectivity index is 0.00000147. The number of likely N-dealkylation sites (tertiary alicyclic amines) is 1. The van der Waals surface area contributed by atoms with E-state index in [4.69, 9.17) is 0 Å². The van der Waals surface area contributed by atoms with Crippen molar-refractivity contribution in [2.75, 3.05) is 13.1 Å². The molecule has 2 atom stereocenters. The van der Waals surface area contributed by atoms with Crippen molar-refractivity contribution in [2.45, 2.75) is 31.3 Å². The molecule has 1 N–H and O–H groups in total. The highest BCUT2D eigenvalue weighted by atomic mass is 127. The summed E-state index contributed by atoms with van der Waals surface area (Å²) in [6.45, 7) is 1.50. The molecule has 0 saturated carbocycles. The summed E-state index contributed by atoms with van der Waals surface area (Å²) in [6.07, 6.45) is 3.34. The monoisotopic (exact) mass is 410 g/mol. The summed E-state index contributed by atoms with van der Waals surface area (Å²) in [7, 11) is 0. The van der Waals surface area contributed by atoms with Crippen molar-refractivity contribution in [3.05, 3.63) is 33.1 Å². The second-order valence-electron chi connectivity index (χ2n) is 5.31. The molecule has 2 aliphatic rings. The number of halogens is 3. The fourth-order valence-corrected chi connectivity index (χ4v) is 3.27. The van der Waals surface area contributed by atoms with Crippen molar-refractivity contribution in [3.8, 4) is 0 Å². The van der Waals surface area contributed by atoms with Crippen LogP contribution < -0.4 is 5.32 Å². The van der Waals surface area contributed by atoms with Gasteiger partial charge >= 0.3 is 0 Å². The van der Waals surface area contributed by atoms with E-state index in [1.165, 1.54) is 12.5 Å². The van der Waals surface area contributed by atoms with E-state index in [0.717, 1.165) is 25.9 Å². The van der Waals surface area contributed by atoms with Gasteiger partial charge in [-0.15, -0.1) is 12.4 Å². The Morgan fingerprint density at radius 3 is 2.80 bits per heavy atom. The Labute approximate surface area is 137 Å². The average molecular weight is 411 g/mol. The second kappa shape index (κ2) is 6.58. The zero-order chi connectivity index (χ0) is 13.4. The van der Waals surface area contributed by atoms with E-state index < -0.39 is 0 Å². The predicted molar refractivity (Wildman–Crippen MR) is 86.8 cm³/mol. The highest BCUT2D eigenvalue weighted by Crippen LogP contribution is 2.22. The van der Waals surface area contributed by atoms with Gasteiger partial charge in [0.1, 0.15) is 5.82 Å². The van der Waals surface area contributed by atoms with Gasteiger partial charge < -0.3 is 10.2 Å². The van der Waals surface area contributed by atoms with Crippen LogP contribution in [0, 0.1) is 9.39 Å². The van der Waals surface area contributed by atoms with Gasteiger partial charge in [-0.3, -0.25) is 4.79 Å². The number of fused-ring (bicyclic) bond motifs is 2. The number of benzene rings is 1. The Morgan fingerprint density at radius 2 is 2.05 bits per heavy atom. The first-order chi connectivity index (χ1) is 9.13. The summed E-state index contributed by atoms with van der Waals surface area (Å²) in [6, 6.07) is 5.68. The third kappa shape index (κ3) is 3.26. The van der Waals surface area contributed by atoms with Crippen LogP contribution in [0.1, 0.15) is 29.6 Å².